The molecular formula is C18H21ClN2O3S. The number of hydrogen-bond acceptors (Lipinski definition) is 3. The van der Waals surface area contributed by atoms with E-state index < -0.39 is 16.1 Å². The van der Waals surface area contributed by atoms with E-state index in [-0.39, 0.29) is 16.7 Å². The van der Waals surface area contributed by atoms with Crippen molar-refractivity contribution in [3.8, 4) is 0 Å². The Morgan fingerprint density at radius 3 is 2.20 bits per heavy atom. The molecule has 0 aliphatic carbocycles. The summed E-state index contributed by atoms with van der Waals surface area (Å²) in [5, 5.41) is 3.38. The number of amides is 1. The summed E-state index contributed by atoms with van der Waals surface area (Å²) in [6.07, 6.45) is 0. The van der Waals surface area contributed by atoms with Gasteiger partial charge in [-0.25, -0.2) is 8.42 Å². The summed E-state index contributed by atoms with van der Waals surface area (Å²) in [4.78, 5) is 12.6. The summed E-state index contributed by atoms with van der Waals surface area (Å²) < 4.78 is 27.4. The fourth-order valence-corrected chi connectivity index (χ4v) is 3.72. The molecule has 1 atom stereocenters. The number of sulfonamides is 1. The van der Waals surface area contributed by atoms with Crippen LogP contribution in [0.25, 0.3) is 0 Å². The van der Waals surface area contributed by atoms with Crippen molar-refractivity contribution in [2.45, 2.75) is 31.3 Å². The molecule has 0 heterocycles. The number of rotatable bonds is 7. The van der Waals surface area contributed by atoms with Gasteiger partial charge in [0.15, 0.2) is 0 Å². The Hall–Kier alpha value is -1.89. The Morgan fingerprint density at radius 2 is 1.64 bits per heavy atom. The van der Waals surface area contributed by atoms with Gasteiger partial charge in [0.1, 0.15) is 6.04 Å². The van der Waals surface area contributed by atoms with Crippen molar-refractivity contribution in [3.05, 3.63) is 65.2 Å². The third-order valence-electron chi connectivity index (χ3n) is 3.66. The third-order valence-corrected chi connectivity index (χ3v) is 5.37. The Bertz CT molecular complexity index is 806. The van der Waals surface area contributed by atoms with Crippen molar-refractivity contribution in [1.82, 2.24) is 10.0 Å². The summed E-state index contributed by atoms with van der Waals surface area (Å²) in [5.41, 5.74) is 0.881. The van der Waals surface area contributed by atoms with Crippen LogP contribution in [0.1, 0.15) is 19.4 Å². The SMILES string of the molecule is CC(C)C(NS(=O)(=O)c1ccccc1)C(=O)NCc1ccc(Cl)cc1. The molecule has 1 amide bonds. The molecule has 0 aromatic heterocycles. The van der Waals surface area contributed by atoms with Crippen molar-refractivity contribution in [1.29, 1.82) is 0 Å². The number of carbonyl (C=O) groups is 1. The molecule has 0 radical (unpaired) electrons. The van der Waals surface area contributed by atoms with Gasteiger partial charge in [-0.1, -0.05) is 55.8 Å². The average Bonchev–Trinajstić information content (AvgIpc) is 2.59. The standard InChI is InChI=1S/C18H21ClN2O3S/c1-13(2)17(21-25(23,24)16-6-4-3-5-7-16)18(22)20-12-14-8-10-15(19)11-9-14/h3-11,13,17,21H,12H2,1-2H3,(H,20,22). The van der Waals surface area contributed by atoms with Gasteiger partial charge < -0.3 is 5.32 Å². The largest absolute Gasteiger partial charge is 0.351 e. The van der Waals surface area contributed by atoms with Crippen molar-refractivity contribution >= 4 is 27.5 Å². The molecule has 7 heteroatoms. The van der Waals surface area contributed by atoms with Crippen LogP contribution in [0.15, 0.2) is 59.5 Å². The lowest BCUT2D eigenvalue weighted by Gasteiger charge is -2.21. The maximum atomic E-state index is 12.5. The van der Waals surface area contributed by atoms with Crippen LogP contribution in [-0.2, 0) is 21.4 Å². The van der Waals surface area contributed by atoms with Gasteiger partial charge in [0.25, 0.3) is 0 Å². The molecule has 2 rings (SSSR count). The molecule has 0 saturated heterocycles. The van der Waals surface area contributed by atoms with Gasteiger partial charge >= 0.3 is 0 Å². The van der Waals surface area contributed by atoms with Crippen LogP contribution < -0.4 is 10.0 Å². The zero-order valence-corrected chi connectivity index (χ0v) is 15.6. The lowest BCUT2D eigenvalue weighted by molar-refractivity contribution is -0.123. The van der Waals surface area contributed by atoms with Crippen molar-refractivity contribution in [3.63, 3.8) is 0 Å². The minimum absolute atomic E-state index is 0.131. The number of nitrogens with one attached hydrogen (secondary N) is 2. The average molecular weight is 381 g/mol. The lowest BCUT2D eigenvalue weighted by Crippen LogP contribution is -2.49. The second kappa shape index (κ2) is 8.47. The quantitative estimate of drug-likeness (QED) is 0.775. The smallest absolute Gasteiger partial charge is 0.241 e. The van der Waals surface area contributed by atoms with Crippen LogP contribution in [0.2, 0.25) is 5.02 Å². The van der Waals surface area contributed by atoms with Gasteiger partial charge in [-0.05, 0) is 35.7 Å². The van der Waals surface area contributed by atoms with Crippen LogP contribution in [0.3, 0.4) is 0 Å². The molecule has 134 valence electrons. The maximum absolute atomic E-state index is 12.5. The van der Waals surface area contributed by atoms with Gasteiger partial charge in [0, 0.05) is 11.6 Å². The molecule has 2 aromatic carbocycles. The molecule has 2 N–H and O–H groups in total. The fourth-order valence-electron chi connectivity index (χ4n) is 2.23. The zero-order chi connectivity index (χ0) is 18.4. The van der Waals surface area contributed by atoms with Crippen molar-refractivity contribution < 1.29 is 13.2 Å². The fraction of sp³-hybridized carbons (Fsp3) is 0.278. The third kappa shape index (κ3) is 5.56. The monoisotopic (exact) mass is 380 g/mol. The molecule has 0 saturated carbocycles. The predicted octanol–water partition coefficient (Wildman–Crippen LogP) is 2.96. The van der Waals surface area contributed by atoms with Gasteiger partial charge in [-0.15, -0.1) is 0 Å². The van der Waals surface area contributed by atoms with Gasteiger partial charge in [-0.2, -0.15) is 4.72 Å². The van der Waals surface area contributed by atoms with E-state index in [0.29, 0.717) is 11.6 Å². The first-order valence-corrected chi connectivity index (χ1v) is 9.75. The number of benzene rings is 2. The normalized spacial score (nSPS) is 12.8. The molecule has 0 fully saturated rings. The Morgan fingerprint density at radius 1 is 1.04 bits per heavy atom. The Labute approximate surface area is 153 Å². The second-order valence-electron chi connectivity index (χ2n) is 6.00. The molecule has 2 aromatic rings. The van der Waals surface area contributed by atoms with Crippen LogP contribution >= 0.6 is 11.6 Å². The van der Waals surface area contributed by atoms with Gasteiger partial charge in [0.05, 0.1) is 4.90 Å². The maximum Gasteiger partial charge on any atom is 0.241 e. The molecule has 5 nitrogen and oxygen atoms in total. The van der Waals surface area contributed by atoms with Crippen molar-refractivity contribution in [2.24, 2.45) is 5.92 Å². The minimum Gasteiger partial charge on any atom is -0.351 e. The van der Waals surface area contributed by atoms with E-state index in [1.165, 1.54) is 12.1 Å². The highest BCUT2D eigenvalue weighted by Gasteiger charge is 2.28. The molecule has 0 aliphatic rings. The van der Waals surface area contributed by atoms with E-state index in [4.69, 9.17) is 11.6 Å². The van der Waals surface area contributed by atoms with Crippen LogP contribution in [0, 0.1) is 5.92 Å². The van der Waals surface area contributed by atoms with E-state index >= 15 is 0 Å². The summed E-state index contributed by atoms with van der Waals surface area (Å²) in [7, 11) is -3.77. The molecular weight excluding hydrogens is 360 g/mol. The number of carbonyl (C=O) groups excluding carboxylic acids is 1. The topological polar surface area (TPSA) is 75.3 Å². The number of halogens is 1. The molecule has 25 heavy (non-hydrogen) atoms. The first-order chi connectivity index (χ1) is 11.8. The van der Waals surface area contributed by atoms with E-state index in [1.807, 2.05) is 0 Å². The second-order valence-corrected chi connectivity index (χ2v) is 8.15. The van der Waals surface area contributed by atoms with E-state index in [1.54, 1.807) is 56.3 Å². The summed E-state index contributed by atoms with van der Waals surface area (Å²) in [5.74, 6) is -0.576. The minimum atomic E-state index is -3.77. The summed E-state index contributed by atoms with van der Waals surface area (Å²) in [6.45, 7) is 3.88. The summed E-state index contributed by atoms with van der Waals surface area (Å²) >= 11 is 5.83. The molecule has 0 spiro atoms. The van der Waals surface area contributed by atoms with Crippen molar-refractivity contribution in [2.75, 3.05) is 0 Å². The molecule has 1 unspecified atom stereocenters. The van der Waals surface area contributed by atoms with Crippen LogP contribution in [0.4, 0.5) is 0 Å². The zero-order valence-electron chi connectivity index (χ0n) is 14.1. The Kier molecular flexibility index (Phi) is 6.58. The van der Waals surface area contributed by atoms with E-state index in [0.717, 1.165) is 5.56 Å². The highest BCUT2D eigenvalue weighted by molar-refractivity contribution is 7.89. The van der Waals surface area contributed by atoms with E-state index in [9.17, 15) is 13.2 Å². The first-order valence-electron chi connectivity index (χ1n) is 7.89. The lowest BCUT2D eigenvalue weighted by atomic mass is 10.0. The predicted molar refractivity (Wildman–Crippen MR) is 98.7 cm³/mol. The van der Waals surface area contributed by atoms with E-state index in [2.05, 4.69) is 10.0 Å². The first kappa shape index (κ1) is 19.4. The highest BCUT2D eigenvalue weighted by atomic mass is 35.5. The molecule has 0 bridgehead atoms. The van der Waals surface area contributed by atoms with Gasteiger partial charge in [0.2, 0.25) is 15.9 Å². The highest BCUT2D eigenvalue weighted by Crippen LogP contribution is 2.12. The summed E-state index contributed by atoms with van der Waals surface area (Å²) in [6, 6.07) is 14.2. The molecule has 0 aliphatic heterocycles. The van der Waals surface area contributed by atoms with Crippen LogP contribution in [-0.4, -0.2) is 20.4 Å². The number of hydrogen-bond donors (Lipinski definition) is 2. The van der Waals surface area contributed by atoms with Crippen LogP contribution in [0.5, 0.6) is 0 Å². The van der Waals surface area contributed by atoms with Gasteiger partial charge in [-0.3, -0.25) is 4.79 Å². The Balaban J connectivity index is 2.06.